The van der Waals surface area contributed by atoms with Crippen LogP contribution >= 0.6 is 22.6 Å². The summed E-state index contributed by atoms with van der Waals surface area (Å²) in [5, 5.41) is 15.9. The number of phenolic OH excluding ortho intramolecular Hbond substituents is 1. The molecule has 0 aromatic heterocycles. The number of carbonyl (C=O) groups is 1. The quantitative estimate of drug-likeness (QED) is 0.711. The summed E-state index contributed by atoms with van der Waals surface area (Å²) >= 11 is 2.12. The number of hydrogen-bond acceptors (Lipinski definition) is 3. The second-order valence-electron chi connectivity index (χ2n) is 4.60. The zero-order chi connectivity index (χ0) is 12.5. The number of halogens is 1. The highest BCUT2D eigenvalue weighted by Gasteiger charge is 2.30. The third kappa shape index (κ3) is 2.90. The lowest BCUT2D eigenvalue weighted by Crippen LogP contribution is -2.47. The molecule has 0 radical (unpaired) electrons. The van der Waals surface area contributed by atoms with E-state index >= 15 is 0 Å². The van der Waals surface area contributed by atoms with E-state index in [0.717, 1.165) is 23.1 Å². The van der Waals surface area contributed by atoms with E-state index in [1.54, 1.807) is 18.2 Å². The molecule has 3 N–H and O–H groups in total. The van der Waals surface area contributed by atoms with Gasteiger partial charge in [-0.25, -0.2) is 0 Å². The van der Waals surface area contributed by atoms with Gasteiger partial charge in [0.05, 0.1) is 11.1 Å². The molecule has 4 nitrogen and oxygen atoms in total. The zero-order valence-electron chi connectivity index (χ0n) is 9.59. The Bertz CT molecular complexity index is 442. The van der Waals surface area contributed by atoms with Crippen LogP contribution in [0.2, 0.25) is 0 Å². The SMILES string of the molecule is CC1(NC(=O)c2cc(I)ccc2O)CCNC1. The van der Waals surface area contributed by atoms with Gasteiger partial charge in [0.15, 0.2) is 0 Å². The number of carbonyl (C=O) groups excluding carboxylic acids is 1. The van der Waals surface area contributed by atoms with Crippen LogP contribution < -0.4 is 10.6 Å². The molecule has 1 heterocycles. The molecular formula is C12H15IN2O2. The summed E-state index contributed by atoms with van der Waals surface area (Å²) in [7, 11) is 0. The standard InChI is InChI=1S/C12H15IN2O2/c1-12(4-5-14-7-12)15-11(17)9-6-8(13)2-3-10(9)16/h2-3,6,14,16H,4-5,7H2,1H3,(H,15,17). The van der Waals surface area contributed by atoms with E-state index in [4.69, 9.17) is 0 Å². The highest BCUT2D eigenvalue weighted by Crippen LogP contribution is 2.21. The maximum atomic E-state index is 12.1. The van der Waals surface area contributed by atoms with Crippen molar-refractivity contribution in [3.63, 3.8) is 0 Å². The molecule has 1 aliphatic heterocycles. The van der Waals surface area contributed by atoms with Gasteiger partial charge in [0.1, 0.15) is 5.75 Å². The van der Waals surface area contributed by atoms with Crippen LogP contribution in [-0.2, 0) is 0 Å². The fraction of sp³-hybridized carbons (Fsp3) is 0.417. The van der Waals surface area contributed by atoms with Crippen molar-refractivity contribution in [2.45, 2.75) is 18.9 Å². The highest BCUT2D eigenvalue weighted by atomic mass is 127. The van der Waals surface area contributed by atoms with E-state index in [1.165, 1.54) is 0 Å². The number of phenols is 1. The first-order valence-corrected chi connectivity index (χ1v) is 6.60. The molecule has 1 amide bonds. The van der Waals surface area contributed by atoms with E-state index in [2.05, 4.69) is 33.2 Å². The minimum atomic E-state index is -0.217. The molecule has 1 fully saturated rings. The molecule has 0 bridgehead atoms. The Hall–Kier alpha value is -0.820. The summed E-state index contributed by atoms with van der Waals surface area (Å²) in [4.78, 5) is 12.1. The average Bonchev–Trinajstić information content (AvgIpc) is 2.68. The predicted octanol–water partition coefficient (Wildman–Crippen LogP) is 1.48. The van der Waals surface area contributed by atoms with E-state index < -0.39 is 0 Å². The van der Waals surface area contributed by atoms with Crippen LogP contribution in [0.25, 0.3) is 0 Å². The van der Waals surface area contributed by atoms with Gasteiger partial charge in [-0.2, -0.15) is 0 Å². The van der Waals surface area contributed by atoms with Crippen LogP contribution in [0.4, 0.5) is 0 Å². The van der Waals surface area contributed by atoms with E-state index in [0.29, 0.717) is 5.56 Å². The number of nitrogens with one attached hydrogen (secondary N) is 2. The topological polar surface area (TPSA) is 61.4 Å². The molecule has 0 aliphatic carbocycles. The van der Waals surface area contributed by atoms with Gasteiger partial charge in [-0.05, 0) is 60.7 Å². The number of aromatic hydroxyl groups is 1. The smallest absolute Gasteiger partial charge is 0.255 e. The van der Waals surface area contributed by atoms with Crippen LogP contribution in [0, 0.1) is 3.57 Å². The van der Waals surface area contributed by atoms with Gasteiger partial charge in [-0.15, -0.1) is 0 Å². The normalized spacial score (nSPS) is 23.6. The lowest BCUT2D eigenvalue weighted by atomic mass is 10.0. The Morgan fingerprint density at radius 3 is 3.00 bits per heavy atom. The Labute approximate surface area is 114 Å². The van der Waals surface area contributed by atoms with Gasteiger partial charge in [-0.1, -0.05) is 0 Å². The Balaban J connectivity index is 2.17. The lowest BCUT2D eigenvalue weighted by molar-refractivity contribution is 0.0910. The maximum Gasteiger partial charge on any atom is 0.255 e. The van der Waals surface area contributed by atoms with Crippen molar-refractivity contribution in [3.05, 3.63) is 27.3 Å². The van der Waals surface area contributed by atoms with Crippen molar-refractivity contribution in [1.82, 2.24) is 10.6 Å². The fourth-order valence-corrected chi connectivity index (χ4v) is 2.45. The second kappa shape index (κ2) is 4.81. The van der Waals surface area contributed by atoms with Gasteiger partial charge < -0.3 is 15.7 Å². The van der Waals surface area contributed by atoms with Crippen molar-refractivity contribution in [2.24, 2.45) is 0 Å². The fourth-order valence-electron chi connectivity index (χ4n) is 1.96. The first kappa shape index (κ1) is 12.6. The van der Waals surface area contributed by atoms with Gasteiger partial charge in [0.2, 0.25) is 0 Å². The Morgan fingerprint density at radius 2 is 2.35 bits per heavy atom. The molecule has 5 heteroatoms. The van der Waals surface area contributed by atoms with Crippen LogP contribution in [-0.4, -0.2) is 29.6 Å². The third-order valence-corrected chi connectivity index (χ3v) is 3.66. The van der Waals surface area contributed by atoms with Gasteiger partial charge in [0, 0.05) is 10.1 Å². The third-order valence-electron chi connectivity index (χ3n) is 2.99. The van der Waals surface area contributed by atoms with Crippen molar-refractivity contribution >= 4 is 28.5 Å². The molecule has 0 saturated carbocycles. The molecule has 1 aliphatic rings. The average molecular weight is 346 g/mol. The van der Waals surface area contributed by atoms with E-state index in [-0.39, 0.29) is 17.2 Å². The Morgan fingerprint density at radius 1 is 1.59 bits per heavy atom. The molecule has 1 aromatic rings. The minimum absolute atomic E-state index is 0.0254. The van der Waals surface area contributed by atoms with Crippen LogP contribution in [0.5, 0.6) is 5.75 Å². The molecule has 92 valence electrons. The van der Waals surface area contributed by atoms with Crippen molar-refractivity contribution in [1.29, 1.82) is 0 Å². The minimum Gasteiger partial charge on any atom is -0.507 e. The van der Waals surface area contributed by atoms with Crippen LogP contribution in [0.3, 0.4) is 0 Å². The summed E-state index contributed by atoms with van der Waals surface area (Å²) < 4.78 is 0.931. The van der Waals surface area contributed by atoms with Gasteiger partial charge >= 0.3 is 0 Å². The van der Waals surface area contributed by atoms with E-state index in [9.17, 15) is 9.90 Å². The van der Waals surface area contributed by atoms with Crippen LogP contribution in [0.1, 0.15) is 23.7 Å². The monoisotopic (exact) mass is 346 g/mol. The second-order valence-corrected chi connectivity index (χ2v) is 5.85. The molecule has 17 heavy (non-hydrogen) atoms. The number of rotatable bonds is 2. The molecule has 1 unspecified atom stereocenters. The summed E-state index contributed by atoms with van der Waals surface area (Å²) in [5.74, 6) is -0.190. The van der Waals surface area contributed by atoms with Gasteiger partial charge in [0.25, 0.3) is 5.91 Å². The first-order valence-electron chi connectivity index (χ1n) is 5.52. The lowest BCUT2D eigenvalue weighted by Gasteiger charge is -2.24. The number of hydrogen-bond donors (Lipinski definition) is 3. The summed E-state index contributed by atoms with van der Waals surface area (Å²) in [6.07, 6.45) is 0.906. The number of amides is 1. The maximum absolute atomic E-state index is 12.1. The van der Waals surface area contributed by atoms with Crippen molar-refractivity contribution in [3.8, 4) is 5.75 Å². The largest absolute Gasteiger partial charge is 0.507 e. The van der Waals surface area contributed by atoms with Gasteiger partial charge in [-0.3, -0.25) is 4.79 Å². The number of benzene rings is 1. The summed E-state index contributed by atoms with van der Waals surface area (Å²) in [6.45, 7) is 3.69. The molecule has 0 spiro atoms. The summed E-state index contributed by atoms with van der Waals surface area (Å²) in [6, 6.07) is 5.01. The molecule has 1 saturated heterocycles. The molecule has 1 aromatic carbocycles. The van der Waals surface area contributed by atoms with E-state index in [1.807, 2.05) is 6.92 Å². The first-order chi connectivity index (χ1) is 8.00. The molecular weight excluding hydrogens is 331 g/mol. The van der Waals surface area contributed by atoms with Crippen LogP contribution in [0.15, 0.2) is 18.2 Å². The molecule has 2 rings (SSSR count). The highest BCUT2D eigenvalue weighted by molar-refractivity contribution is 14.1. The Kier molecular flexibility index (Phi) is 3.58. The zero-order valence-corrected chi connectivity index (χ0v) is 11.7. The van der Waals surface area contributed by atoms with Crippen molar-refractivity contribution in [2.75, 3.05) is 13.1 Å². The predicted molar refractivity (Wildman–Crippen MR) is 74.2 cm³/mol. The molecule has 1 atom stereocenters. The van der Waals surface area contributed by atoms with Crippen molar-refractivity contribution < 1.29 is 9.90 Å². The summed E-state index contributed by atoms with van der Waals surface area (Å²) in [5.41, 5.74) is 0.121.